The summed E-state index contributed by atoms with van der Waals surface area (Å²) in [5.41, 5.74) is 1.68. The minimum atomic E-state index is -0.0826. The van der Waals surface area contributed by atoms with Gasteiger partial charge >= 0.3 is 0 Å². The van der Waals surface area contributed by atoms with E-state index in [4.69, 9.17) is 4.42 Å². The summed E-state index contributed by atoms with van der Waals surface area (Å²) in [4.78, 5) is 12.3. The van der Waals surface area contributed by atoms with Crippen LogP contribution in [0.2, 0.25) is 0 Å². The van der Waals surface area contributed by atoms with E-state index in [9.17, 15) is 4.79 Å². The van der Waals surface area contributed by atoms with Crippen LogP contribution in [0.5, 0.6) is 0 Å². The van der Waals surface area contributed by atoms with E-state index in [-0.39, 0.29) is 12.3 Å². The van der Waals surface area contributed by atoms with Gasteiger partial charge in [-0.25, -0.2) is 0 Å². The lowest BCUT2D eigenvalue weighted by molar-refractivity contribution is -0.116. The first kappa shape index (κ1) is 16.0. The third-order valence-electron chi connectivity index (χ3n) is 4.12. The fourth-order valence-corrected chi connectivity index (χ4v) is 2.82. The van der Waals surface area contributed by atoms with E-state index in [2.05, 4.69) is 15.5 Å². The molecule has 4 aromatic rings. The number of carbonyl (C=O) groups excluding carboxylic acids is 1. The third-order valence-corrected chi connectivity index (χ3v) is 4.12. The number of benzene rings is 3. The monoisotopic (exact) mass is 343 g/mol. The number of hydrogen-bond donors (Lipinski definition) is 1. The molecule has 0 atom stereocenters. The van der Waals surface area contributed by atoms with Gasteiger partial charge in [0.1, 0.15) is 0 Å². The van der Waals surface area contributed by atoms with Gasteiger partial charge in [-0.3, -0.25) is 4.79 Å². The van der Waals surface area contributed by atoms with Crippen LogP contribution in [0.15, 0.2) is 77.2 Å². The summed E-state index contributed by atoms with van der Waals surface area (Å²) in [5.74, 6) is 0.841. The fraction of sp³-hybridized carbons (Fsp3) is 0.0952. The highest BCUT2D eigenvalue weighted by atomic mass is 16.4. The van der Waals surface area contributed by atoms with Gasteiger partial charge in [0.25, 0.3) is 0 Å². The fourth-order valence-electron chi connectivity index (χ4n) is 2.82. The van der Waals surface area contributed by atoms with Gasteiger partial charge in [-0.05, 0) is 23.6 Å². The molecule has 3 aromatic carbocycles. The second-order valence-electron chi connectivity index (χ2n) is 5.94. The molecule has 0 bridgehead atoms. The summed E-state index contributed by atoms with van der Waals surface area (Å²) in [5, 5.41) is 13.1. The maximum atomic E-state index is 12.3. The summed E-state index contributed by atoms with van der Waals surface area (Å²) < 4.78 is 5.64. The van der Waals surface area contributed by atoms with E-state index in [1.165, 1.54) is 0 Å². The summed E-state index contributed by atoms with van der Waals surface area (Å²) in [6.07, 6.45) is 0.677. The Morgan fingerprint density at radius 3 is 2.54 bits per heavy atom. The largest absolute Gasteiger partial charge is 0.421 e. The van der Waals surface area contributed by atoms with Gasteiger partial charge in [0.15, 0.2) is 0 Å². The Kier molecular flexibility index (Phi) is 4.43. The van der Waals surface area contributed by atoms with Crippen LogP contribution >= 0.6 is 0 Å². The van der Waals surface area contributed by atoms with Crippen LogP contribution in [0.3, 0.4) is 0 Å². The molecule has 1 heterocycles. The second-order valence-corrected chi connectivity index (χ2v) is 5.94. The number of amides is 1. The molecular formula is C21H17N3O2. The number of aryl methyl sites for hydroxylation is 1. The highest BCUT2D eigenvalue weighted by molar-refractivity contribution is 6.02. The molecule has 26 heavy (non-hydrogen) atoms. The normalized spacial score (nSPS) is 10.8. The molecule has 0 aliphatic rings. The molecule has 0 saturated carbocycles. The Labute approximate surface area is 150 Å². The third kappa shape index (κ3) is 3.47. The first-order valence-corrected chi connectivity index (χ1v) is 8.45. The average Bonchev–Trinajstić information content (AvgIpc) is 3.17. The lowest BCUT2D eigenvalue weighted by atomic mass is 10.1. The molecule has 0 aliphatic carbocycles. The van der Waals surface area contributed by atoms with Crippen LogP contribution in [0.1, 0.15) is 12.3 Å². The predicted molar refractivity (Wildman–Crippen MR) is 101 cm³/mol. The van der Waals surface area contributed by atoms with Crippen molar-refractivity contribution in [1.29, 1.82) is 0 Å². The molecule has 4 rings (SSSR count). The molecular weight excluding hydrogens is 326 g/mol. The van der Waals surface area contributed by atoms with Crippen molar-refractivity contribution in [1.82, 2.24) is 10.2 Å². The number of rotatable bonds is 5. The molecule has 0 unspecified atom stereocenters. The lowest BCUT2D eigenvalue weighted by Crippen LogP contribution is -2.12. The highest BCUT2D eigenvalue weighted by Crippen LogP contribution is 2.23. The Balaban J connectivity index is 1.41. The highest BCUT2D eigenvalue weighted by Gasteiger charge is 2.11. The number of carbonyl (C=O) groups is 1. The van der Waals surface area contributed by atoms with E-state index < -0.39 is 0 Å². The van der Waals surface area contributed by atoms with Crippen molar-refractivity contribution < 1.29 is 9.21 Å². The maximum Gasteiger partial charge on any atom is 0.247 e. The van der Waals surface area contributed by atoms with Crippen molar-refractivity contribution in [3.05, 3.63) is 78.7 Å². The molecule has 0 saturated heterocycles. The minimum absolute atomic E-state index is 0.0826. The minimum Gasteiger partial charge on any atom is -0.421 e. The number of fused-ring (bicyclic) bond motifs is 1. The Bertz CT molecular complexity index is 1040. The van der Waals surface area contributed by atoms with Gasteiger partial charge in [0, 0.05) is 29.5 Å². The van der Waals surface area contributed by atoms with Gasteiger partial charge in [-0.2, -0.15) is 0 Å². The first-order chi connectivity index (χ1) is 12.8. The number of nitrogens with zero attached hydrogens (tertiary/aromatic N) is 2. The van der Waals surface area contributed by atoms with Gasteiger partial charge in [-0.1, -0.05) is 54.6 Å². The second kappa shape index (κ2) is 7.19. The van der Waals surface area contributed by atoms with Crippen LogP contribution in [-0.2, 0) is 11.2 Å². The van der Waals surface area contributed by atoms with Crippen LogP contribution in [0, 0.1) is 0 Å². The maximum absolute atomic E-state index is 12.3. The molecule has 1 aromatic heterocycles. The number of hydrogen-bond acceptors (Lipinski definition) is 4. The molecule has 0 radical (unpaired) electrons. The summed E-state index contributed by atoms with van der Waals surface area (Å²) in [6.45, 7) is 0. The van der Waals surface area contributed by atoms with Crippen LogP contribution in [-0.4, -0.2) is 16.1 Å². The molecule has 5 nitrogen and oxygen atoms in total. The molecule has 0 spiro atoms. The van der Waals surface area contributed by atoms with Crippen LogP contribution in [0.25, 0.3) is 22.2 Å². The van der Waals surface area contributed by atoms with Crippen molar-refractivity contribution in [2.45, 2.75) is 12.8 Å². The smallest absolute Gasteiger partial charge is 0.247 e. The molecule has 0 aliphatic heterocycles. The van der Waals surface area contributed by atoms with E-state index in [0.29, 0.717) is 18.2 Å². The summed E-state index contributed by atoms with van der Waals surface area (Å²) in [7, 11) is 0. The van der Waals surface area contributed by atoms with Crippen LogP contribution < -0.4 is 5.32 Å². The zero-order valence-electron chi connectivity index (χ0n) is 14.1. The lowest BCUT2D eigenvalue weighted by Gasteiger charge is -2.08. The van der Waals surface area contributed by atoms with E-state index in [0.717, 1.165) is 22.0 Å². The van der Waals surface area contributed by atoms with Crippen LogP contribution in [0.4, 0.5) is 5.69 Å². The van der Waals surface area contributed by atoms with Crippen molar-refractivity contribution >= 4 is 22.4 Å². The Morgan fingerprint density at radius 1 is 0.885 bits per heavy atom. The van der Waals surface area contributed by atoms with Crippen molar-refractivity contribution in [3.8, 4) is 11.5 Å². The standard InChI is InChI=1S/C21H17N3O2/c25-19(22-18-12-6-10-15-7-4-5-11-17(15)18)13-14-20-23-24-21(26-20)16-8-2-1-3-9-16/h1-12H,13-14H2,(H,22,25). The molecule has 0 fully saturated rings. The summed E-state index contributed by atoms with van der Waals surface area (Å²) >= 11 is 0. The van der Waals surface area contributed by atoms with Crippen molar-refractivity contribution in [2.24, 2.45) is 0 Å². The zero-order chi connectivity index (χ0) is 17.8. The zero-order valence-corrected chi connectivity index (χ0v) is 14.1. The Morgan fingerprint density at radius 2 is 1.65 bits per heavy atom. The molecule has 1 amide bonds. The number of aromatic nitrogens is 2. The number of anilines is 1. The van der Waals surface area contributed by atoms with E-state index >= 15 is 0 Å². The number of nitrogens with one attached hydrogen (secondary N) is 1. The molecule has 1 N–H and O–H groups in total. The average molecular weight is 343 g/mol. The SMILES string of the molecule is O=C(CCc1nnc(-c2ccccc2)o1)Nc1cccc2ccccc12. The van der Waals surface area contributed by atoms with Crippen molar-refractivity contribution in [2.75, 3.05) is 5.32 Å². The van der Waals surface area contributed by atoms with E-state index in [1.807, 2.05) is 72.8 Å². The van der Waals surface area contributed by atoms with Gasteiger partial charge in [0.2, 0.25) is 17.7 Å². The van der Waals surface area contributed by atoms with Gasteiger partial charge < -0.3 is 9.73 Å². The van der Waals surface area contributed by atoms with Gasteiger partial charge in [0.05, 0.1) is 0 Å². The topological polar surface area (TPSA) is 68.0 Å². The Hall–Kier alpha value is -3.47. The molecule has 5 heteroatoms. The van der Waals surface area contributed by atoms with Gasteiger partial charge in [-0.15, -0.1) is 10.2 Å². The first-order valence-electron chi connectivity index (χ1n) is 8.45. The molecule has 128 valence electrons. The van der Waals surface area contributed by atoms with Crippen molar-refractivity contribution in [3.63, 3.8) is 0 Å². The summed E-state index contributed by atoms with van der Waals surface area (Å²) in [6, 6.07) is 23.4. The predicted octanol–water partition coefficient (Wildman–Crippen LogP) is 4.46. The quantitative estimate of drug-likeness (QED) is 0.581. The van der Waals surface area contributed by atoms with E-state index in [1.54, 1.807) is 0 Å².